The zero-order chi connectivity index (χ0) is 13.2. The van der Waals surface area contributed by atoms with Crippen LogP contribution in [0, 0.1) is 0 Å². The molecule has 2 heterocycles. The van der Waals surface area contributed by atoms with Crippen molar-refractivity contribution in [3.05, 3.63) is 34.9 Å². The molecule has 1 amide bonds. The van der Waals surface area contributed by atoms with Crippen LogP contribution in [-0.2, 0) is 4.79 Å². The van der Waals surface area contributed by atoms with Gasteiger partial charge in [-0.3, -0.25) is 4.79 Å². The average Bonchev–Trinajstić information content (AvgIpc) is 3.10. The zero-order valence-corrected chi connectivity index (χ0v) is 11.7. The first-order chi connectivity index (χ1) is 9.27. The van der Waals surface area contributed by atoms with E-state index in [0.717, 1.165) is 49.4 Å². The van der Waals surface area contributed by atoms with Crippen molar-refractivity contribution in [3.8, 4) is 0 Å². The Bertz CT molecular complexity index is 471. The maximum atomic E-state index is 12.6. The summed E-state index contributed by atoms with van der Waals surface area (Å²) in [5.41, 5.74) is 1.09. The molecule has 0 bridgehead atoms. The van der Waals surface area contributed by atoms with Crippen LogP contribution >= 0.6 is 11.6 Å². The molecule has 0 aromatic heterocycles. The first kappa shape index (κ1) is 12.9. The molecule has 0 radical (unpaired) electrons. The predicted octanol–water partition coefficient (Wildman–Crippen LogP) is 2.76. The van der Waals surface area contributed by atoms with Crippen molar-refractivity contribution in [3.63, 3.8) is 0 Å². The molecule has 2 aliphatic heterocycles. The zero-order valence-electron chi connectivity index (χ0n) is 10.9. The third-order valence-electron chi connectivity index (χ3n) is 4.16. The summed E-state index contributed by atoms with van der Waals surface area (Å²) in [6.45, 7) is 1.81. The number of nitrogens with one attached hydrogen (secondary N) is 1. The van der Waals surface area contributed by atoms with E-state index in [0.29, 0.717) is 0 Å². The highest BCUT2D eigenvalue weighted by atomic mass is 35.5. The van der Waals surface area contributed by atoms with E-state index in [4.69, 9.17) is 11.6 Å². The molecule has 1 aromatic rings. The number of halogens is 1. The maximum Gasteiger partial charge on any atom is 0.240 e. The van der Waals surface area contributed by atoms with E-state index >= 15 is 0 Å². The lowest BCUT2D eigenvalue weighted by atomic mass is 10.0. The minimum absolute atomic E-state index is 0.0167. The summed E-state index contributed by atoms with van der Waals surface area (Å²) in [7, 11) is 0. The summed E-state index contributed by atoms with van der Waals surface area (Å²) in [4.78, 5) is 14.6. The van der Waals surface area contributed by atoms with Crippen molar-refractivity contribution in [1.29, 1.82) is 0 Å². The topological polar surface area (TPSA) is 32.3 Å². The second-order valence-corrected chi connectivity index (χ2v) is 5.77. The first-order valence-electron chi connectivity index (χ1n) is 7.05. The number of amides is 1. The third-order valence-corrected chi connectivity index (χ3v) is 4.50. The van der Waals surface area contributed by atoms with Crippen LogP contribution in [0.15, 0.2) is 24.3 Å². The maximum absolute atomic E-state index is 12.6. The molecule has 0 unspecified atom stereocenters. The normalized spacial score (nSPS) is 26.9. The molecule has 3 rings (SSSR count). The highest BCUT2D eigenvalue weighted by Gasteiger charge is 2.35. The van der Waals surface area contributed by atoms with Gasteiger partial charge in [-0.1, -0.05) is 29.8 Å². The Balaban J connectivity index is 1.81. The first-order valence-corrected chi connectivity index (χ1v) is 7.43. The van der Waals surface area contributed by atoms with E-state index in [9.17, 15) is 4.79 Å². The van der Waals surface area contributed by atoms with Crippen molar-refractivity contribution in [2.45, 2.75) is 37.8 Å². The van der Waals surface area contributed by atoms with Gasteiger partial charge in [0.25, 0.3) is 0 Å². The van der Waals surface area contributed by atoms with Crippen molar-refractivity contribution in [2.24, 2.45) is 0 Å². The van der Waals surface area contributed by atoms with Crippen molar-refractivity contribution >= 4 is 17.5 Å². The van der Waals surface area contributed by atoms with E-state index in [1.54, 1.807) is 0 Å². The van der Waals surface area contributed by atoms with Gasteiger partial charge in [0.15, 0.2) is 0 Å². The standard InChI is InChI=1S/C15H19ClN2O/c16-12-6-2-1-5-11(12)14-8-4-10-18(14)15(19)13-7-3-9-17-13/h1-2,5-6,13-14,17H,3-4,7-10H2/t13-,14-/m1/s1. The summed E-state index contributed by atoms with van der Waals surface area (Å²) in [6, 6.07) is 8.06. The van der Waals surface area contributed by atoms with Crippen LogP contribution < -0.4 is 5.32 Å². The van der Waals surface area contributed by atoms with Gasteiger partial charge in [0.1, 0.15) is 0 Å². The third kappa shape index (κ3) is 2.49. The molecule has 3 nitrogen and oxygen atoms in total. The van der Waals surface area contributed by atoms with Gasteiger partial charge in [0, 0.05) is 11.6 Å². The quantitative estimate of drug-likeness (QED) is 0.902. The van der Waals surface area contributed by atoms with Gasteiger partial charge in [0.2, 0.25) is 5.91 Å². The molecule has 1 N–H and O–H groups in total. The van der Waals surface area contributed by atoms with Gasteiger partial charge in [-0.25, -0.2) is 0 Å². The van der Waals surface area contributed by atoms with Crippen LogP contribution in [0.5, 0.6) is 0 Å². The van der Waals surface area contributed by atoms with E-state index in [-0.39, 0.29) is 18.0 Å². The minimum atomic E-state index is 0.0167. The molecule has 19 heavy (non-hydrogen) atoms. The Morgan fingerprint density at radius 3 is 2.84 bits per heavy atom. The summed E-state index contributed by atoms with van der Waals surface area (Å²) in [6.07, 6.45) is 4.14. The highest BCUT2D eigenvalue weighted by molar-refractivity contribution is 6.31. The smallest absolute Gasteiger partial charge is 0.240 e. The molecule has 2 fully saturated rings. The Labute approximate surface area is 118 Å². The van der Waals surface area contributed by atoms with Crippen LogP contribution in [0.1, 0.15) is 37.3 Å². The molecule has 4 heteroatoms. The molecule has 0 saturated carbocycles. The average molecular weight is 279 g/mol. The van der Waals surface area contributed by atoms with Crippen LogP contribution in [0.4, 0.5) is 0 Å². The molecule has 102 valence electrons. The fourth-order valence-corrected chi connectivity index (χ4v) is 3.46. The molecule has 0 spiro atoms. The fraction of sp³-hybridized carbons (Fsp3) is 0.533. The summed E-state index contributed by atoms with van der Waals surface area (Å²) in [5, 5.41) is 4.07. The Hall–Kier alpha value is -1.06. The Morgan fingerprint density at radius 2 is 2.11 bits per heavy atom. The van der Waals surface area contributed by atoms with Gasteiger partial charge >= 0.3 is 0 Å². The summed E-state index contributed by atoms with van der Waals surface area (Å²) in [5.74, 6) is 0.250. The number of carbonyl (C=O) groups excluding carboxylic acids is 1. The van der Waals surface area contributed by atoms with Crippen LogP contribution in [0.3, 0.4) is 0 Å². The number of carbonyl (C=O) groups is 1. The second kappa shape index (κ2) is 5.51. The lowest BCUT2D eigenvalue weighted by molar-refractivity contribution is -0.134. The molecular formula is C15H19ClN2O. The van der Waals surface area contributed by atoms with Crippen LogP contribution in [-0.4, -0.2) is 29.9 Å². The molecule has 2 atom stereocenters. The van der Waals surface area contributed by atoms with Crippen molar-refractivity contribution in [2.75, 3.05) is 13.1 Å². The molecule has 2 aliphatic rings. The van der Waals surface area contributed by atoms with Crippen molar-refractivity contribution in [1.82, 2.24) is 10.2 Å². The monoisotopic (exact) mass is 278 g/mol. The summed E-state index contributed by atoms with van der Waals surface area (Å²) < 4.78 is 0. The van der Waals surface area contributed by atoms with Crippen LogP contribution in [0.2, 0.25) is 5.02 Å². The van der Waals surface area contributed by atoms with E-state index in [1.165, 1.54) is 0 Å². The lowest BCUT2D eigenvalue weighted by Crippen LogP contribution is -2.43. The molecule has 0 aliphatic carbocycles. The molecular weight excluding hydrogens is 260 g/mol. The van der Waals surface area contributed by atoms with Gasteiger partial charge < -0.3 is 10.2 Å². The number of hydrogen-bond acceptors (Lipinski definition) is 2. The predicted molar refractivity (Wildman–Crippen MR) is 76.2 cm³/mol. The molecule has 1 aromatic carbocycles. The highest BCUT2D eigenvalue weighted by Crippen LogP contribution is 2.36. The number of hydrogen-bond donors (Lipinski definition) is 1. The van der Waals surface area contributed by atoms with Gasteiger partial charge in [-0.2, -0.15) is 0 Å². The fourth-order valence-electron chi connectivity index (χ4n) is 3.19. The summed E-state index contributed by atoms with van der Waals surface area (Å²) >= 11 is 6.28. The second-order valence-electron chi connectivity index (χ2n) is 5.36. The number of likely N-dealkylation sites (tertiary alicyclic amines) is 1. The Kier molecular flexibility index (Phi) is 3.76. The number of benzene rings is 1. The Morgan fingerprint density at radius 1 is 1.26 bits per heavy atom. The van der Waals surface area contributed by atoms with E-state index in [2.05, 4.69) is 5.32 Å². The van der Waals surface area contributed by atoms with Crippen LogP contribution in [0.25, 0.3) is 0 Å². The van der Waals surface area contributed by atoms with Gasteiger partial charge in [0.05, 0.1) is 12.1 Å². The van der Waals surface area contributed by atoms with Gasteiger partial charge in [-0.15, -0.1) is 0 Å². The number of rotatable bonds is 2. The number of nitrogens with zero attached hydrogens (tertiary/aromatic N) is 1. The SMILES string of the molecule is O=C([C@H]1CCCN1)N1CCC[C@@H]1c1ccccc1Cl. The largest absolute Gasteiger partial charge is 0.334 e. The lowest BCUT2D eigenvalue weighted by Gasteiger charge is -2.28. The van der Waals surface area contributed by atoms with E-state index < -0.39 is 0 Å². The van der Waals surface area contributed by atoms with Crippen molar-refractivity contribution < 1.29 is 4.79 Å². The minimum Gasteiger partial charge on any atom is -0.334 e. The van der Waals surface area contributed by atoms with Gasteiger partial charge in [-0.05, 0) is 43.9 Å². The molecule has 2 saturated heterocycles. The van der Waals surface area contributed by atoms with E-state index in [1.807, 2.05) is 29.2 Å².